The largest absolute Gasteiger partial charge is 0.490 e. The smallest absolute Gasteiger partial charge is 0.349 e. The lowest BCUT2D eigenvalue weighted by Gasteiger charge is -2.08. The monoisotopic (exact) mass is 392 g/mol. The van der Waals surface area contributed by atoms with Crippen LogP contribution in [0.4, 0.5) is 0 Å². The van der Waals surface area contributed by atoms with Gasteiger partial charge in [0.25, 0.3) is 0 Å². The van der Waals surface area contributed by atoms with Crippen molar-refractivity contribution in [2.45, 2.75) is 0 Å². The van der Waals surface area contributed by atoms with Gasteiger partial charge < -0.3 is 18.9 Å². The number of carbonyl (C=O) groups excluding carboxylic acids is 2. The number of benzene rings is 3. The first kappa shape index (κ1) is 19.9. The number of para-hydroxylation sites is 2. The molecule has 3 aromatic rings. The van der Waals surface area contributed by atoms with Crippen LogP contribution in [-0.4, -0.2) is 31.8 Å². The zero-order valence-electron chi connectivity index (χ0n) is 15.7. The standard InChI is InChI=1S/C23H20O6/c24-22(17-28-20-9-5-2-6-10-20)29-21-13-11-18(12-14-21)23(25)27-16-15-26-19-7-3-1-4-8-19/h1-14H,15-17H2. The third-order valence-electron chi connectivity index (χ3n) is 3.75. The first-order chi connectivity index (χ1) is 14.2. The molecule has 0 spiro atoms. The Hall–Kier alpha value is -3.80. The van der Waals surface area contributed by atoms with Gasteiger partial charge in [0.2, 0.25) is 0 Å². The summed E-state index contributed by atoms with van der Waals surface area (Å²) in [5.41, 5.74) is 0.352. The molecule has 0 saturated heterocycles. The van der Waals surface area contributed by atoms with E-state index in [1.54, 1.807) is 12.1 Å². The summed E-state index contributed by atoms with van der Waals surface area (Å²) >= 11 is 0. The van der Waals surface area contributed by atoms with E-state index in [-0.39, 0.29) is 19.8 Å². The maximum absolute atomic E-state index is 12.0. The zero-order chi connectivity index (χ0) is 20.3. The summed E-state index contributed by atoms with van der Waals surface area (Å²) in [5.74, 6) is 0.592. The fourth-order valence-electron chi connectivity index (χ4n) is 2.37. The van der Waals surface area contributed by atoms with Crippen molar-refractivity contribution in [3.8, 4) is 17.2 Å². The van der Waals surface area contributed by atoms with Crippen LogP contribution in [0.1, 0.15) is 10.4 Å². The van der Waals surface area contributed by atoms with E-state index in [9.17, 15) is 9.59 Å². The number of rotatable bonds is 9. The van der Waals surface area contributed by atoms with Crippen molar-refractivity contribution in [1.29, 1.82) is 0 Å². The van der Waals surface area contributed by atoms with Gasteiger partial charge in [-0.1, -0.05) is 36.4 Å². The topological polar surface area (TPSA) is 71.1 Å². The predicted octanol–water partition coefficient (Wildman–Crippen LogP) is 3.91. The van der Waals surface area contributed by atoms with Gasteiger partial charge in [-0.25, -0.2) is 9.59 Å². The van der Waals surface area contributed by atoms with Crippen LogP contribution in [0, 0.1) is 0 Å². The maximum Gasteiger partial charge on any atom is 0.349 e. The molecule has 3 rings (SSSR count). The molecule has 0 fully saturated rings. The molecule has 3 aromatic carbocycles. The lowest BCUT2D eigenvalue weighted by atomic mass is 10.2. The lowest BCUT2D eigenvalue weighted by molar-refractivity contribution is -0.136. The molecular weight excluding hydrogens is 372 g/mol. The van der Waals surface area contributed by atoms with Crippen LogP contribution < -0.4 is 14.2 Å². The molecule has 0 unspecified atom stereocenters. The molecule has 6 heteroatoms. The maximum atomic E-state index is 12.0. The minimum absolute atomic E-state index is 0.126. The van der Waals surface area contributed by atoms with E-state index in [0.29, 0.717) is 22.8 Å². The van der Waals surface area contributed by atoms with Crippen molar-refractivity contribution in [1.82, 2.24) is 0 Å². The van der Waals surface area contributed by atoms with Gasteiger partial charge in [0.15, 0.2) is 6.61 Å². The third kappa shape index (κ3) is 6.70. The first-order valence-electron chi connectivity index (χ1n) is 9.04. The fourth-order valence-corrected chi connectivity index (χ4v) is 2.37. The van der Waals surface area contributed by atoms with Crippen LogP contribution in [0.3, 0.4) is 0 Å². The van der Waals surface area contributed by atoms with Gasteiger partial charge in [0.1, 0.15) is 30.5 Å². The molecule has 0 atom stereocenters. The molecule has 0 radical (unpaired) electrons. The molecule has 0 heterocycles. The van der Waals surface area contributed by atoms with Crippen molar-refractivity contribution in [2.24, 2.45) is 0 Å². The lowest BCUT2D eigenvalue weighted by Crippen LogP contribution is -2.17. The van der Waals surface area contributed by atoms with E-state index in [2.05, 4.69) is 0 Å². The highest BCUT2D eigenvalue weighted by Gasteiger charge is 2.10. The predicted molar refractivity (Wildman–Crippen MR) is 106 cm³/mol. The summed E-state index contributed by atoms with van der Waals surface area (Å²) in [5, 5.41) is 0. The Bertz CT molecular complexity index is 907. The van der Waals surface area contributed by atoms with Crippen molar-refractivity contribution in [3.63, 3.8) is 0 Å². The Labute approximate surface area is 168 Å². The third-order valence-corrected chi connectivity index (χ3v) is 3.75. The van der Waals surface area contributed by atoms with Gasteiger partial charge in [-0.3, -0.25) is 0 Å². The summed E-state index contributed by atoms with van der Waals surface area (Å²) in [6.07, 6.45) is 0. The Balaban J connectivity index is 1.39. The van der Waals surface area contributed by atoms with Crippen molar-refractivity contribution in [3.05, 3.63) is 90.5 Å². The normalized spacial score (nSPS) is 10.1. The second-order valence-corrected chi connectivity index (χ2v) is 5.90. The Kier molecular flexibility index (Phi) is 7.23. The highest BCUT2D eigenvalue weighted by Crippen LogP contribution is 2.14. The molecule has 0 amide bonds. The molecule has 148 valence electrons. The van der Waals surface area contributed by atoms with Crippen LogP contribution in [0.2, 0.25) is 0 Å². The van der Waals surface area contributed by atoms with Crippen LogP contribution >= 0.6 is 0 Å². The molecule has 0 bridgehead atoms. The first-order valence-corrected chi connectivity index (χ1v) is 9.04. The molecule has 6 nitrogen and oxygen atoms in total. The fraction of sp³-hybridized carbons (Fsp3) is 0.130. The summed E-state index contributed by atoms with van der Waals surface area (Å²) in [7, 11) is 0. The van der Waals surface area contributed by atoms with E-state index in [1.165, 1.54) is 24.3 Å². The zero-order valence-corrected chi connectivity index (χ0v) is 15.7. The number of carbonyl (C=O) groups is 2. The molecule has 0 aliphatic rings. The Morgan fingerprint density at radius 3 is 1.83 bits per heavy atom. The minimum atomic E-state index is -0.540. The summed E-state index contributed by atoms with van der Waals surface area (Å²) < 4.78 is 21.1. The van der Waals surface area contributed by atoms with Crippen LogP contribution in [-0.2, 0) is 9.53 Å². The molecule has 0 aliphatic heterocycles. The van der Waals surface area contributed by atoms with Gasteiger partial charge in [-0.15, -0.1) is 0 Å². The van der Waals surface area contributed by atoms with E-state index in [0.717, 1.165) is 0 Å². The van der Waals surface area contributed by atoms with E-state index in [1.807, 2.05) is 48.5 Å². The quantitative estimate of drug-likeness (QED) is 0.312. The molecule has 0 aliphatic carbocycles. The molecule has 0 aromatic heterocycles. The highest BCUT2D eigenvalue weighted by molar-refractivity contribution is 5.89. The van der Waals surface area contributed by atoms with E-state index < -0.39 is 11.9 Å². The van der Waals surface area contributed by atoms with Gasteiger partial charge in [0.05, 0.1) is 5.56 Å². The van der Waals surface area contributed by atoms with Crippen LogP contribution in [0.25, 0.3) is 0 Å². The molecule has 0 saturated carbocycles. The number of esters is 2. The van der Waals surface area contributed by atoms with Gasteiger partial charge in [-0.05, 0) is 48.5 Å². The van der Waals surface area contributed by atoms with Gasteiger partial charge in [0, 0.05) is 0 Å². The van der Waals surface area contributed by atoms with E-state index in [4.69, 9.17) is 18.9 Å². The van der Waals surface area contributed by atoms with Crippen molar-refractivity contribution in [2.75, 3.05) is 19.8 Å². The Morgan fingerprint density at radius 2 is 1.21 bits per heavy atom. The summed E-state index contributed by atoms with van der Waals surface area (Å²) in [4.78, 5) is 23.9. The number of hydrogen-bond donors (Lipinski definition) is 0. The van der Waals surface area contributed by atoms with Gasteiger partial charge >= 0.3 is 11.9 Å². The van der Waals surface area contributed by atoms with Gasteiger partial charge in [-0.2, -0.15) is 0 Å². The van der Waals surface area contributed by atoms with Crippen LogP contribution in [0.5, 0.6) is 17.2 Å². The average Bonchev–Trinajstić information content (AvgIpc) is 2.77. The molecule has 0 N–H and O–H groups in total. The van der Waals surface area contributed by atoms with Crippen LogP contribution in [0.15, 0.2) is 84.9 Å². The molecular formula is C23H20O6. The highest BCUT2D eigenvalue weighted by atomic mass is 16.6. The second-order valence-electron chi connectivity index (χ2n) is 5.90. The molecule has 29 heavy (non-hydrogen) atoms. The second kappa shape index (κ2) is 10.5. The minimum Gasteiger partial charge on any atom is -0.490 e. The SMILES string of the molecule is O=C(COc1ccccc1)Oc1ccc(C(=O)OCCOc2ccccc2)cc1. The summed E-state index contributed by atoms with van der Waals surface area (Å²) in [6.45, 7) is 0.170. The Morgan fingerprint density at radius 1 is 0.621 bits per heavy atom. The average molecular weight is 392 g/mol. The van der Waals surface area contributed by atoms with Crippen molar-refractivity contribution < 1.29 is 28.5 Å². The van der Waals surface area contributed by atoms with E-state index >= 15 is 0 Å². The number of ether oxygens (including phenoxy) is 4. The van der Waals surface area contributed by atoms with Crippen molar-refractivity contribution >= 4 is 11.9 Å². The summed E-state index contributed by atoms with van der Waals surface area (Å²) in [6, 6.07) is 24.4. The number of hydrogen-bond acceptors (Lipinski definition) is 6.